The van der Waals surface area contributed by atoms with Gasteiger partial charge in [-0.15, -0.1) is 0 Å². The van der Waals surface area contributed by atoms with Gasteiger partial charge in [-0.05, 0) is 40.5 Å². The minimum absolute atomic E-state index is 0.239. The number of carbonyl (C=O) groups is 2. The van der Waals surface area contributed by atoms with Crippen LogP contribution in [0.15, 0.2) is 12.1 Å². The van der Waals surface area contributed by atoms with Gasteiger partial charge < -0.3 is 19.5 Å². The number of nitrogens with zero attached hydrogens (tertiary/aromatic N) is 1. The maximum atomic E-state index is 11.8. The van der Waals surface area contributed by atoms with E-state index in [4.69, 9.17) is 14.2 Å². The number of amides is 1. The van der Waals surface area contributed by atoms with E-state index in [-0.39, 0.29) is 5.69 Å². The Bertz CT molecular complexity index is 581. The Kier molecular flexibility index (Phi) is 8.18. The number of hydrogen-bond acceptors (Lipinski definition) is 6. The first kappa shape index (κ1) is 20.7. The van der Waals surface area contributed by atoms with Crippen molar-refractivity contribution in [1.29, 1.82) is 0 Å². The molecule has 25 heavy (non-hydrogen) atoms. The molecule has 0 unspecified atom stereocenters. The number of ether oxygens (including phenoxy) is 3. The zero-order valence-corrected chi connectivity index (χ0v) is 15.7. The molecule has 7 heteroatoms. The fourth-order valence-corrected chi connectivity index (χ4v) is 1.90. The lowest BCUT2D eigenvalue weighted by Crippen LogP contribution is -2.33. The number of esters is 1. The molecule has 1 rings (SSSR count). The number of aromatic nitrogens is 1. The fraction of sp³-hybridized carbons (Fsp3) is 0.611. The highest BCUT2D eigenvalue weighted by atomic mass is 16.6. The Balaban J connectivity index is 2.47. The number of aryl methyl sites for hydroxylation is 1. The maximum absolute atomic E-state index is 11.8. The van der Waals surface area contributed by atoms with Gasteiger partial charge >= 0.3 is 12.1 Å². The molecule has 0 atom stereocenters. The highest BCUT2D eigenvalue weighted by Crippen LogP contribution is 2.16. The topological polar surface area (TPSA) is 86.8 Å². The molecule has 140 valence electrons. The van der Waals surface area contributed by atoms with Gasteiger partial charge in [0, 0.05) is 24.4 Å². The van der Waals surface area contributed by atoms with Gasteiger partial charge in [0.2, 0.25) is 0 Å². The minimum Gasteiger partial charge on any atom is -0.493 e. The molecule has 0 saturated carbocycles. The van der Waals surface area contributed by atoms with Crippen molar-refractivity contribution in [3.05, 3.63) is 23.5 Å². The molecule has 0 saturated heterocycles. The number of alkyl carbamates (subject to hydrolysis) is 1. The highest BCUT2D eigenvalue weighted by molar-refractivity contribution is 5.87. The van der Waals surface area contributed by atoms with E-state index >= 15 is 0 Å². The van der Waals surface area contributed by atoms with E-state index in [2.05, 4.69) is 10.3 Å². The fourth-order valence-electron chi connectivity index (χ4n) is 1.90. The van der Waals surface area contributed by atoms with Gasteiger partial charge in [0.05, 0.1) is 13.2 Å². The van der Waals surface area contributed by atoms with E-state index < -0.39 is 17.7 Å². The standard InChI is InChI=1S/C18H28N2O5/c1-6-13-11-14(12-15(20-13)16(21)23-7-2)24-10-8-9-19-17(22)25-18(3,4)5/h11-12H,6-10H2,1-5H3,(H,19,22). The van der Waals surface area contributed by atoms with Crippen LogP contribution in [0.2, 0.25) is 0 Å². The molecule has 0 aliphatic rings. The second kappa shape index (κ2) is 9.86. The van der Waals surface area contributed by atoms with Crippen molar-refractivity contribution in [3.63, 3.8) is 0 Å². The first-order valence-corrected chi connectivity index (χ1v) is 8.53. The molecule has 0 bridgehead atoms. The van der Waals surface area contributed by atoms with Crippen LogP contribution in [0.3, 0.4) is 0 Å². The number of pyridine rings is 1. The van der Waals surface area contributed by atoms with Crippen LogP contribution in [-0.4, -0.2) is 42.4 Å². The molecule has 1 N–H and O–H groups in total. The molecule has 0 spiro atoms. The van der Waals surface area contributed by atoms with Gasteiger partial charge in [0.1, 0.15) is 11.4 Å². The molecule has 0 aliphatic heterocycles. The summed E-state index contributed by atoms with van der Waals surface area (Å²) in [6.45, 7) is 10.3. The van der Waals surface area contributed by atoms with Crippen molar-refractivity contribution in [1.82, 2.24) is 10.3 Å². The zero-order valence-electron chi connectivity index (χ0n) is 15.7. The Hall–Kier alpha value is -2.31. The molecule has 1 heterocycles. The summed E-state index contributed by atoms with van der Waals surface area (Å²) in [5.74, 6) is 0.0985. The van der Waals surface area contributed by atoms with Crippen molar-refractivity contribution < 1.29 is 23.8 Å². The van der Waals surface area contributed by atoms with E-state index in [1.54, 1.807) is 19.1 Å². The first-order chi connectivity index (χ1) is 11.7. The number of rotatable bonds is 8. The molecule has 1 aromatic heterocycles. The molecular weight excluding hydrogens is 324 g/mol. The maximum Gasteiger partial charge on any atom is 0.407 e. The van der Waals surface area contributed by atoms with Gasteiger partial charge in [-0.1, -0.05) is 6.92 Å². The molecule has 7 nitrogen and oxygen atoms in total. The van der Waals surface area contributed by atoms with Gasteiger partial charge in [0.25, 0.3) is 0 Å². The van der Waals surface area contributed by atoms with Crippen molar-refractivity contribution >= 4 is 12.1 Å². The summed E-state index contributed by atoms with van der Waals surface area (Å²) < 4.78 is 15.8. The van der Waals surface area contributed by atoms with Crippen LogP contribution in [0.25, 0.3) is 0 Å². The minimum atomic E-state index is -0.516. The average Bonchev–Trinajstić information content (AvgIpc) is 2.52. The molecule has 1 amide bonds. The van der Waals surface area contributed by atoms with Crippen LogP contribution < -0.4 is 10.1 Å². The average molecular weight is 352 g/mol. The van der Waals surface area contributed by atoms with Gasteiger partial charge in [-0.3, -0.25) is 0 Å². The lowest BCUT2D eigenvalue weighted by molar-refractivity contribution is 0.0509. The van der Waals surface area contributed by atoms with Gasteiger partial charge in [-0.2, -0.15) is 0 Å². The molecule has 0 radical (unpaired) electrons. The normalized spacial score (nSPS) is 10.9. The first-order valence-electron chi connectivity index (χ1n) is 8.53. The monoisotopic (exact) mass is 352 g/mol. The largest absolute Gasteiger partial charge is 0.493 e. The van der Waals surface area contributed by atoms with Crippen LogP contribution in [-0.2, 0) is 15.9 Å². The van der Waals surface area contributed by atoms with Crippen LogP contribution >= 0.6 is 0 Å². The van der Waals surface area contributed by atoms with Crippen molar-refractivity contribution in [2.45, 2.75) is 53.1 Å². The quantitative estimate of drug-likeness (QED) is 0.571. The summed E-state index contributed by atoms with van der Waals surface area (Å²) in [6, 6.07) is 3.36. The van der Waals surface area contributed by atoms with Crippen molar-refractivity contribution in [2.24, 2.45) is 0 Å². The lowest BCUT2D eigenvalue weighted by atomic mass is 10.2. The smallest absolute Gasteiger partial charge is 0.407 e. The summed E-state index contributed by atoms with van der Waals surface area (Å²) in [5, 5.41) is 2.67. The third-order valence-corrected chi connectivity index (χ3v) is 2.96. The van der Waals surface area contributed by atoms with Crippen LogP contribution in [0, 0.1) is 0 Å². The Morgan fingerprint density at radius 3 is 2.52 bits per heavy atom. The number of nitrogens with one attached hydrogen (secondary N) is 1. The SMILES string of the molecule is CCOC(=O)c1cc(OCCCNC(=O)OC(C)(C)C)cc(CC)n1. The van der Waals surface area contributed by atoms with E-state index in [1.807, 2.05) is 27.7 Å². The second-order valence-corrected chi connectivity index (χ2v) is 6.38. The van der Waals surface area contributed by atoms with Crippen molar-refractivity contribution in [2.75, 3.05) is 19.8 Å². The Morgan fingerprint density at radius 1 is 1.20 bits per heavy atom. The molecule has 0 aliphatic carbocycles. The Morgan fingerprint density at radius 2 is 1.92 bits per heavy atom. The second-order valence-electron chi connectivity index (χ2n) is 6.38. The summed E-state index contributed by atoms with van der Waals surface area (Å²) in [5.41, 5.74) is 0.480. The van der Waals surface area contributed by atoms with E-state index in [9.17, 15) is 9.59 Å². The third kappa shape index (κ3) is 8.37. The van der Waals surface area contributed by atoms with E-state index in [0.717, 1.165) is 5.69 Å². The molecular formula is C18H28N2O5. The number of hydrogen-bond donors (Lipinski definition) is 1. The summed E-state index contributed by atoms with van der Waals surface area (Å²) >= 11 is 0. The third-order valence-electron chi connectivity index (χ3n) is 2.96. The predicted molar refractivity (Wildman–Crippen MR) is 93.9 cm³/mol. The lowest BCUT2D eigenvalue weighted by Gasteiger charge is -2.19. The number of carbonyl (C=O) groups excluding carboxylic acids is 2. The summed E-state index contributed by atoms with van der Waals surface area (Å²) in [6.07, 6.45) is 0.843. The molecule has 1 aromatic rings. The summed E-state index contributed by atoms with van der Waals surface area (Å²) in [4.78, 5) is 27.6. The van der Waals surface area contributed by atoms with Crippen LogP contribution in [0.5, 0.6) is 5.75 Å². The van der Waals surface area contributed by atoms with E-state index in [0.29, 0.717) is 38.3 Å². The van der Waals surface area contributed by atoms with Gasteiger partial charge in [-0.25, -0.2) is 14.6 Å². The summed E-state index contributed by atoms with van der Waals surface area (Å²) in [7, 11) is 0. The van der Waals surface area contributed by atoms with Crippen LogP contribution in [0.4, 0.5) is 4.79 Å². The van der Waals surface area contributed by atoms with Gasteiger partial charge in [0.15, 0.2) is 5.69 Å². The van der Waals surface area contributed by atoms with Crippen molar-refractivity contribution in [3.8, 4) is 5.75 Å². The van der Waals surface area contributed by atoms with Crippen LogP contribution in [0.1, 0.15) is 57.2 Å². The zero-order chi connectivity index (χ0) is 18.9. The van der Waals surface area contributed by atoms with E-state index in [1.165, 1.54) is 0 Å². The highest BCUT2D eigenvalue weighted by Gasteiger charge is 2.15. The Labute approximate surface area is 149 Å². The molecule has 0 aromatic carbocycles. The molecule has 0 fully saturated rings. The predicted octanol–water partition coefficient (Wildman–Crippen LogP) is 3.11.